The summed E-state index contributed by atoms with van der Waals surface area (Å²) in [5.41, 5.74) is 0.574. The third-order valence-electron chi connectivity index (χ3n) is 8.92. The first kappa shape index (κ1) is 27.4. The van der Waals surface area contributed by atoms with Crippen molar-refractivity contribution in [2.75, 3.05) is 19.0 Å². The van der Waals surface area contributed by atoms with Crippen molar-refractivity contribution in [1.29, 1.82) is 0 Å². The van der Waals surface area contributed by atoms with Crippen molar-refractivity contribution in [1.82, 2.24) is 10.3 Å². The maximum atomic E-state index is 13.4. The van der Waals surface area contributed by atoms with Gasteiger partial charge in [-0.15, -0.1) is 11.3 Å². The molecule has 9 nitrogen and oxygen atoms in total. The molecule has 2 aromatic heterocycles. The van der Waals surface area contributed by atoms with Gasteiger partial charge < -0.3 is 24.7 Å². The number of nitrogens with one attached hydrogen (secondary N) is 2. The molecule has 1 aromatic carbocycles. The number of methoxy groups -OCH3 is 1. The number of para-hydroxylation sites is 1. The number of anilines is 1. The van der Waals surface area contributed by atoms with Gasteiger partial charge in [-0.1, -0.05) is 32.0 Å². The van der Waals surface area contributed by atoms with E-state index in [0.29, 0.717) is 36.7 Å². The zero-order valence-electron chi connectivity index (χ0n) is 22.4. The van der Waals surface area contributed by atoms with Gasteiger partial charge in [0.15, 0.2) is 10.9 Å². The first-order valence-corrected chi connectivity index (χ1v) is 14.0. The molecule has 4 N–H and O–H groups in total. The molecule has 5 rings (SSSR count). The zero-order chi connectivity index (χ0) is 27.8. The van der Waals surface area contributed by atoms with Gasteiger partial charge in [0.25, 0.3) is 5.91 Å². The minimum atomic E-state index is -0.724. The van der Waals surface area contributed by atoms with Crippen LogP contribution in [-0.2, 0) is 17.8 Å². The Morgan fingerprint density at radius 3 is 2.74 bits per heavy atom. The fourth-order valence-electron chi connectivity index (χ4n) is 6.57. The van der Waals surface area contributed by atoms with E-state index in [2.05, 4.69) is 17.6 Å². The molecule has 2 aliphatic carbocycles. The van der Waals surface area contributed by atoms with Crippen LogP contribution in [0.25, 0.3) is 0 Å². The van der Waals surface area contributed by atoms with E-state index in [4.69, 9.17) is 14.1 Å². The third kappa shape index (κ3) is 4.97. The number of rotatable bonds is 8. The molecule has 0 bridgehead atoms. The molecule has 5 unspecified atom stereocenters. The van der Waals surface area contributed by atoms with Crippen molar-refractivity contribution in [2.45, 2.75) is 58.1 Å². The molecule has 3 aromatic rings. The largest absolute Gasteiger partial charge is 0.496 e. The lowest BCUT2D eigenvalue weighted by molar-refractivity contribution is -0.144. The van der Waals surface area contributed by atoms with Crippen LogP contribution in [0.5, 0.6) is 5.75 Å². The summed E-state index contributed by atoms with van der Waals surface area (Å²) < 4.78 is 10.6. The standard InChI is InChI=1S/C29H35N3O6S/c1-28-11-10-23(34)29(2,16-33)22(28)14-21-25(31-27(39-21)32-26(36)20-9-6-12-38-20)18(28)13-24(35)30-15-17-7-4-5-8-19(17)37-3/h4-9,12,18,22-23,33-34H,10-11,13-16H2,1-3H3,(H,30,35)(H,31,32,36). The van der Waals surface area contributed by atoms with Crippen LogP contribution in [0.15, 0.2) is 47.1 Å². The minimum absolute atomic E-state index is 0.0765. The van der Waals surface area contributed by atoms with Gasteiger partial charge >= 0.3 is 0 Å². The Kier molecular flexibility index (Phi) is 7.54. The van der Waals surface area contributed by atoms with Crippen molar-refractivity contribution < 1.29 is 29.0 Å². The second-order valence-corrected chi connectivity index (χ2v) is 12.2. The zero-order valence-corrected chi connectivity index (χ0v) is 23.2. The van der Waals surface area contributed by atoms with Crippen molar-refractivity contribution in [3.63, 3.8) is 0 Å². The molecule has 208 valence electrons. The second-order valence-electron chi connectivity index (χ2n) is 11.1. The van der Waals surface area contributed by atoms with Gasteiger partial charge in [-0.05, 0) is 48.8 Å². The fourth-order valence-corrected chi connectivity index (χ4v) is 7.63. The van der Waals surface area contributed by atoms with Crippen LogP contribution in [0.2, 0.25) is 0 Å². The summed E-state index contributed by atoms with van der Waals surface area (Å²) in [6, 6.07) is 10.8. The number of hydrogen-bond donors (Lipinski definition) is 4. The first-order chi connectivity index (χ1) is 18.7. The number of fused-ring (bicyclic) bond motifs is 2. The van der Waals surface area contributed by atoms with Crippen LogP contribution in [0.3, 0.4) is 0 Å². The van der Waals surface area contributed by atoms with E-state index < -0.39 is 17.4 Å². The summed E-state index contributed by atoms with van der Waals surface area (Å²) in [6.45, 7) is 4.26. The number of carbonyl (C=O) groups is 2. The van der Waals surface area contributed by atoms with E-state index in [9.17, 15) is 19.8 Å². The number of ether oxygens (including phenoxy) is 1. The molecule has 10 heteroatoms. The molecule has 39 heavy (non-hydrogen) atoms. The fraction of sp³-hybridized carbons (Fsp3) is 0.483. The number of thiazole rings is 1. The highest BCUT2D eigenvalue weighted by molar-refractivity contribution is 7.15. The number of hydrogen-bond acceptors (Lipinski definition) is 8. The Hall–Kier alpha value is -3.21. The molecule has 2 aliphatic rings. The highest BCUT2D eigenvalue weighted by Gasteiger charge is 2.59. The number of carbonyl (C=O) groups excluding carboxylic acids is 2. The lowest BCUT2D eigenvalue weighted by Crippen LogP contribution is -2.57. The number of furan rings is 1. The van der Waals surface area contributed by atoms with Crippen LogP contribution in [0.1, 0.15) is 65.7 Å². The first-order valence-electron chi connectivity index (χ1n) is 13.2. The Morgan fingerprint density at radius 2 is 2.03 bits per heavy atom. The molecule has 1 saturated carbocycles. The van der Waals surface area contributed by atoms with E-state index in [0.717, 1.165) is 16.1 Å². The molecular weight excluding hydrogens is 518 g/mol. The highest BCUT2D eigenvalue weighted by Crippen LogP contribution is 2.62. The van der Waals surface area contributed by atoms with Crippen LogP contribution < -0.4 is 15.4 Å². The number of aliphatic hydroxyl groups is 2. The van der Waals surface area contributed by atoms with E-state index >= 15 is 0 Å². The Bertz CT molecular complexity index is 1340. The van der Waals surface area contributed by atoms with Crippen molar-refractivity contribution in [3.05, 3.63) is 64.6 Å². The smallest absolute Gasteiger partial charge is 0.293 e. The average Bonchev–Trinajstić information content (AvgIpc) is 3.61. The minimum Gasteiger partial charge on any atom is -0.496 e. The lowest BCUT2D eigenvalue weighted by atomic mass is 9.47. The predicted octanol–water partition coefficient (Wildman–Crippen LogP) is 4.12. The molecule has 2 heterocycles. The van der Waals surface area contributed by atoms with Crippen LogP contribution in [0, 0.1) is 16.7 Å². The van der Waals surface area contributed by atoms with Gasteiger partial charge in [0.05, 0.1) is 31.8 Å². The monoisotopic (exact) mass is 553 g/mol. The molecule has 0 spiro atoms. The van der Waals surface area contributed by atoms with Gasteiger partial charge in [0, 0.05) is 34.7 Å². The molecular formula is C29H35N3O6S. The summed E-state index contributed by atoms with van der Waals surface area (Å²) in [5.74, 6) is 0.0505. The van der Waals surface area contributed by atoms with Gasteiger partial charge in [-0.3, -0.25) is 14.9 Å². The quantitative estimate of drug-likeness (QED) is 0.330. The highest BCUT2D eigenvalue weighted by atomic mass is 32.1. The Labute approximate surface area is 231 Å². The maximum absolute atomic E-state index is 13.4. The van der Waals surface area contributed by atoms with E-state index in [1.54, 1.807) is 19.2 Å². The van der Waals surface area contributed by atoms with E-state index in [-0.39, 0.29) is 41.9 Å². The third-order valence-corrected chi connectivity index (χ3v) is 9.93. The average molecular weight is 554 g/mol. The summed E-state index contributed by atoms with van der Waals surface area (Å²) in [6.07, 6.45) is 2.83. The van der Waals surface area contributed by atoms with Crippen molar-refractivity contribution in [3.8, 4) is 5.75 Å². The molecule has 2 amide bonds. The maximum Gasteiger partial charge on any atom is 0.293 e. The molecule has 1 fully saturated rings. The Morgan fingerprint density at radius 1 is 1.23 bits per heavy atom. The summed E-state index contributed by atoms with van der Waals surface area (Å²) in [7, 11) is 1.60. The summed E-state index contributed by atoms with van der Waals surface area (Å²) >= 11 is 1.38. The topological polar surface area (TPSA) is 134 Å². The lowest BCUT2D eigenvalue weighted by Gasteiger charge is -2.58. The number of aliphatic hydroxyl groups excluding tert-OH is 2. The predicted molar refractivity (Wildman–Crippen MR) is 147 cm³/mol. The van der Waals surface area contributed by atoms with Gasteiger partial charge in [-0.2, -0.15) is 0 Å². The van der Waals surface area contributed by atoms with Crippen LogP contribution >= 0.6 is 11.3 Å². The molecule has 0 radical (unpaired) electrons. The van der Waals surface area contributed by atoms with E-state index in [1.165, 1.54) is 17.6 Å². The SMILES string of the molecule is COc1ccccc1CNC(=O)CC1c2nc(NC(=O)c3ccco3)sc2CC2C(C)(CO)C(O)CCC12C. The molecule has 0 saturated heterocycles. The molecule has 0 aliphatic heterocycles. The second kappa shape index (κ2) is 10.7. The summed E-state index contributed by atoms with van der Waals surface area (Å²) in [5, 5.41) is 27.7. The molecule has 5 atom stereocenters. The number of benzene rings is 1. The number of amides is 2. The van der Waals surface area contributed by atoms with Gasteiger partial charge in [-0.25, -0.2) is 4.98 Å². The van der Waals surface area contributed by atoms with Crippen molar-refractivity contribution in [2.24, 2.45) is 16.7 Å². The van der Waals surface area contributed by atoms with Crippen LogP contribution in [0.4, 0.5) is 5.13 Å². The van der Waals surface area contributed by atoms with Crippen LogP contribution in [-0.4, -0.2) is 46.8 Å². The van der Waals surface area contributed by atoms with Gasteiger partial charge in [0.2, 0.25) is 5.91 Å². The number of nitrogens with zero attached hydrogens (tertiary/aromatic N) is 1. The van der Waals surface area contributed by atoms with Gasteiger partial charge in [0.1, 0.15) is 5.75 Å². The van der Waals surface area contributed by atoms with Crippen molar-refractivity contribution >= 4 is 28.3 Å². The Balaban J connectivity index is 1.44. The summed E-state index contributed by atoms with van der Waals surface area (Å²) in [4.78, 5) is 31.8. The normalized spacial score (nSPS) is 27.8. The number of aromatic nitrogens is 1. The van der Waals surface area contributed by atoms with E-state index in [1.807, 2.05) is 31.2 Å².